The summed E-state index contributed by atoms with van der Waals surface area (Å²) < 4.78 is 11.2. The van der Waals surface area contributed by atoms with Crippen LogP contribution in [0.3, 0.4) is 0 Å². The number of nitrogens with one attached hydrogen (secondary N) is 1. The summed E-state index contributed by atoms with van der Waals surface area (Å²) in [6, 6.07) is 5.68. The Morgan fingerprint density at radius 1 is 1.41 bits per heavy atom. The third kappa shape index (κ3) is 3.69. The third-order valence-electron chi connectivity index (χ3n) is 2.99. The zero-order chi connectivity index (χ0) is 12.3. The van der Waals surface area contributed by atoms with Crippen molar-refractivity contribution in [2.24, 2.45) is 0 Å². The normalized spacial score (nSPS) is 24.8. The van der Waals surface area contributed by atoms with Crippen molar-refractivity contribution in [2.75, 3.05) is 11.5 Å². The zero-order valence-corrected chi connectivity index (χ0v) is 11.1. The van der Waals surface area contributed by atoms with Gasteiger partial charge in [0.2, 0.25) is 0 Å². The molecule has 17 heavy (non-hydrogen) atoms. The highest BCUT2D eigenvalue weighted by Crippen LogP contribution is 2.23. The molecular formula is C12H16ClNO2S. The number of halogens is 1. The molecule has 2 rings (SSSR count). The van der Waals surface area contributed by atoms with Gasteiger partial charge in [0.1, 0.15) is 5.75 Å². The molecule has 0 bridgehead atoms. The van der Waals surface area contributed by atoms with Gasteiger partial charge in [-0.05, 0) is 30.5 Å². The number of phenolic OH excluding ortho intramolecular Hbond substituents is 1. The summed E-state index contributed by atoms with van der Waals surface area (Å²) in [7, 11) is -0.610. The van der Waals surface area contributed by atoms with E-state index in [-0.39, 0.29) is 5.75 Å². The molecule has 1 saturated heterocycles. The van der Waals surface area contributed by atoms with E-state index in [1.807, 2.05) is 6.07 Å². The van der Waals surface area contributed by atoms with Crippen LogP contribution in [0.2, 0.25) is 5.02 Å². The Kier molecular flexibility index (Phi) is 4.42. The molecule has 1 heterocycles. The maximum Gasteiger partial charge on any atom is 0.134 e. The monoisotopic (exact) mass is 273 g/mol. The summed E-state index contributed by atoms with van der Waals surface area (Å²) >= 11 is 5.84. The molecule has 0 aromatic heterocycles. The molecule has 5 heteroatoms. The maximum atomic E-state index is 11.2. The fourth-order valence-corrected chi connectivity index (χ4v) is 3.42. The molecule has 1 aliphatic rings. The molecular weight excluding hydrogens is 258 g/mol. The van der Waals surface area contributed by atoms with Gasteiger partial charge in [0.05, 0.1) is 5.02 Å². The molecule has 1 aromatic carbocycles. The van der Waals surface area contributed by atoms with Crippen molar-refractivity contribution in [3.63, 3.8) is 0 Å². The van der Waals surface area contributed by atoms with Gasteiger partial charge in [0, 0.05) is 34.9 Å². The quantitative estimate of drug-likeness (QED) is 0.886. The smallest absolute Gasteiger partial charge is 0.134 e. The molecule has 0 amide bonds. The van der Waals surface area contributed by atoms with Gasteiger partial charge in [0.25, 0.3) is 0 Å². The Hall–Kier alpha value is -0.580. The summed E-state index contributed by atoms with van der Waals surface area (Å²) in [6.07, 6.45) is 1.94. The van der Waals surface area contributed by atoms with Gasteiger partial charge in [-0.2, -0.15) is 0 Å². The highest BCUT2D eigenvalue weighted by molar-refractivity contribution is 7.85. The van der Waals surface area contributed by atoms with Gasteiger partial charge in [-0.15, -0.1) is 0 Å². The lowest BCUT2D eigenvalue weighted by Gasteiger charge is -2.22. The molecule has 0 aliphatic carbocycles. The van der Waals surface area contributed by atoms with Gasteiger partial charge in [-0.25, -0.2) is 0 Å². The van der Waals surface area contributed by atoms with E-state index in [1.54, 1.807) is 12.1 Å². The van der Waals surface area contributed by atoms with Crippen LogP contribution in [0.1, 0.15) is 18.4 Å². The van der Waals surface area contributed by atoms with E-state index < -0.39 is 10.8 Å². The molecule has 1 aliphatic heterocycles. The molecule has 0 unspecified atom stereocenters. The van der Waals surface area contributed by atoms with Crippen LogP contribution in [-0.2, 0) is 17.3 Å². The SMILES string of the molecule is O=S1CCC(NCc2ccc(O)c(Cl)c2)CC1. The first-order valence-electron chi connectivity index (χ1n) is 5.71. The lowest BCUT2D eigenvalue weighted by atomic mass is 10.1. The first-order chi connectivity index (χ1) is 8.15. The van der Waals surface area contributed by atoms with Gasteiger partial charge < -0.3 is 10.4 Å². The van der Waals surface area contributed by atoms with Crippen LogP contribution >= 0.6 is 11.6 Å². The van der Waals surface area contributed by atoms with Crippen molar-refractivity contribution in [2.45, 2.75) is 25.4 Å². The minimum atomic E-state index is -0.610. The van der Waals surface area contributed by atoms with Crippen LogP contribution in [0.15, 0.2) is 18.2 Å². The second-order valence-corrected chi connectivity index (χ2v) is 6.39. The van der Waals surface area contributed by atoms with Gasteiger partial charge in [0.15, 0.2) is 0 Å². The van der Waals surface area contributed by atoms with Crippen molar-refractivity contribution < 1.29 is 9.32 Å². The van der Waals surface area contributed by atoms with Crippen LogP contribution in [0.4, 0.5) is 0 Å². The minimum Gasteiger partial charge on any atom is -0.506 e. The molecule has 1 aromatic rings. The number of phenols is 1. The van der Waals surface area contributed by atoms with Crippen molar-refractivity contribution >= 4 is 22.4 Å². The highest BCUT2D eigenvalue weighted by Gasteiger charge is 2.16. The first-order valence-corrected chi connectivity index (χ1v) is 7.57. The molecule has 3 nitrogen and oxygen atoms in total. The van der Waals surface area contributed by atoms with Crippen molar-refractivity contribution in [1.29, 1.82) is 0 Å². The number of hydrogen-bond donors (Lipinski definition) is 2. The number of aromatic hydroxyl groups is 1. The Morgan fingerprint density at radius 3 is 2.76 bits per heavy atom. The summed E-state index contributed by atoms with van der Waals surface area (Å²) in [5.74, 6) is 1.71. The predicted molar refractivity (Wildman–Crippen MR) is 70.9 cm³/mol. The fraction of sp³-hybridized carbons (Fsp3) is 0.500. The molecule has 0 saturated carbocycles. The average molecular weight is 274 g/mol. The van der Waals surface area contributed by atoms with Crippen LogP contribution < -0.4 is 5.32 Å². The van der Waals surface area contributed by atoms with Gasteiger partial charge >= 0.3 is 0 Å². The minimum absolute atomic E-state index is 0.114. The van der Waals surface area contributed by atoms with E-state index in [2.05, 4.69) is 5.32 Å². The maximum absolute atomic E-state index is 11.2. The van der Waals surface area contributed by atoms with Crippen LogP contribution in [0.25, 0.3) is 0 Å². The second-order valence-electron chi connectivity index (χ2n) is 4.29. The Balaban J connectivity index is 1.85. The highest BCUT2D eigenvalue weighted by atomic mass is 35.5. The molecule has 0 atom stereocenters. The summed E-state index contributed by atoms with van der Waals surface area (Å²) in [5, 5.41) is 13.1. The zero-order valence-electron chi connectivity index (χ0n) is 9.49. The van der Waals surface area contributed by atoms with Crippen molar-refractivity contribution in [3.05, 3.63) is 28.8 Å². The van der Waals surface area contributed by atoms with Crippen LogP contribution in [-0.4, -0.2) is 26.9 Å². The lowest BCUT2D eigenvalue weighted by Crippen LogP contribution is -2.35. The van der Waals surface area contributed by atoms with E-state index in [0.29, 0.717) is 11.1 Å². The Labute approximate surface area is 109 Å². The Morgan fingerprint density at radius 2 is 2.12 bits per heavy atom. The van der Waals surface area contributed by atoms with E-state index >= 15 is 0 Å². The first kappa shape index (κ1) is 12.9. The van der Waals surface area contributed by atoms with Crippen LogP contribution in [0, 0.1) is 0 Å². The Bertz CT molecular complexity index is 415. The lowest BCUT2D eigenvalue weighted by molar-refractivity contribution is 0.470. The molecule has 2 N–H and O–H groups in total. The van der Waals surface area contributed by atoms with E-state index in [1.165, 1.54) is 0 Å². The number of benzene rings is 1. The standard InChI is InChI=1S/C12H16ClNO2S/c13-11-7-9(1-2-12(11)15)8-14-10-3-5-17(16)6-4-10/h1-2,7,10,14-15H,3-6,8H2. The van der Waals surface area contributed by atoms with Crippen molar-refractivity contribution in [3.8, 4) is 5.75 Å². The van der Waals surface area contributed by atoms with E-state index in [9.17, 15) is 9.32 Å². The molecule has 0 spiro atoms. The van der Waals surface area contributed by atoms with Gasteiger partial charge in [-0.3, -0.25) is 4.21 Å². The summed E-state index contributed by atoms with van der Waals surface area (Å²) in [4.78, 5) is 0. The van der Waals surface area contributed by atoms with Gasteiger partial charge in [-0.1, -0.05) is 17.7 Å². The molecule has 1 fully saturated rings. The third-order valence-corrected chi connectivity index (χ3v) is 4.68. The largest absolute Gasteiger partial charge is 0.506 e. The molecule has 0 radical (unpaired) electrons. The number of hydrogen-bond acceptors (Lipinski definition) is 3. The number of rotatable bonds is 3. The average Bonchev–Trinajstić information content (AvgIpc) is 2.33. The van der Waals surface area contributed by atoms with E-state index in [0.717, 1.165) is 36.5 Å². The van der Waals surface area contributed by atoms with Crippen molar-refractivity contribution in [1.82, 2.24) is 5.32 Å². The van der Waals surface area contributed by atoms with Crippen LogP contribution in [0.5, 0.6) is 5.75 Å². The topological polar surface area (TPSA) is 49.3 Å². The fourth-order valence-electron chi connectivity index (χ4n) is 1.92. The second kappa shape index (κ2) is 5.85. The molecule has 94 valence electrons. The predicted octanol–water partition coefficient (Wildman–Crippen LogP) is 2.05. The van der Waals surface area contributed by atoms with E-state index in [4.69, 9.17) is 11.6 Å². The summed E-state index contributed by atoms with van der Waals surface area (Å²) in [5.41, 5.74) is 1.06. The summed E-state index contributed by atoms with van der Waals surface area (Å²) in [6.45, 7) is 0.733.